The van der Waals surface area contributed by atoms with Gasteiger partial charge in [-0.2, -0.15) is 0 Å². The molecule has 0 fully saturated rings. The molecule has 6 heteroatoms. The molecule has 2 aromatic carbocycles. The number of aryl methyl sites for hydroxylation is 3. The van der Waals surface area contributed by atoms with Crippen molar-refractivity contribution in [2.24, 2.45) is 0 Å². The van der Waals surface area contributed by atoms with E-state index in [1.165, 1.54) is 11.0 Å². The largest absolute Gasteiger partial charge is 0.333 e. The van der Waals surface area contributed by atoms with E-state index in [9.17, 15) is 9.59 Å². The van der Waals surface area contributed by atoms with Crippen LogP contribution in [0.3, 0.4) is 0 Å². The fraction of sp³-hybridized carbons (Fsp3) is 0.238. The number of halogens is 2. The summed E-state index contributed by atoms with van der Waals surface area (Å²) >= 11 is 12.1. The van der Waals surface area contributed by atoms with E-state index in [-0.39, 0.29) is 18.4 Å². The number of nitrogens with one attached hydrogen (secondary N) is 1. The van der Waals surface area contributed by atoms with Crippen LogP contribution in [0.2, 0.25) is 10.0 Å². The normalized spacial score (nSPS) is 10.9. The van der Waals surface area contributed by atoms with Crippen molar-refractivity contribution in [2.75, 3.05) is 18.9 Å². The lowest BCUT2D eigenvalue weighted by atomic mass is 10.1. The molecule has 1 N–H and O–H groups in total. The van der Waals surface area contributed by atoms with Crippen LogP contribution in [0.4, 0.5) is 5.69 Å². The molecule has 0 heterocycles. The van der Waals surface area contributed by atoms with Crippen molar-refractivity contribution in [3.8, 4) is 0 Å². The van der Waals surface area contributed by atoms with E-state index in [2.05, 4.69) is 5.32 Å². The first-order chi connectivity index (χ1) is 12.7. The van der Waals surface area contributed by atoms with Crippen LogP contribution in [-0.4, -0.2) is 30.3 Å². The molecule has 0 aliphatic carbocycles. The minimum Gasteiger partial charge on any atom is -0.333 e. The van der Waals surface area contributed by atoms with Gasteiger partial charge in [-0.25, -0.2) is 0 Å². The number of likely N-dealkylation sites (N-methyl/N-ethyl adjacent to an activating group) is 1. The molecule has 0 aliphatic rings. The van der Waals surface area contributed by atoms with Crippen molar-refractivity contribution >= 4 is 46.8 Å². The van der Waals surface area contributed by atoms with Crippen molar-refractivity contribution in [2.45, 2.75) is 20.8 Å². The summed E-state index contributed by atoms with van der Waals surface area (Å²) in [5.74, 6) is -0.561. The maximum absolute atomic E-state index is 12.3. The lowest BCUT2D eigenvalue weighted by Crippen LogP contribution is -2.34. The third kappa shape index (κ3) is 5.59. The van der Waals surface area contributed by atoms with Gasteiger partial charge in [-0.15, -0.1) is 0 Å². The molecule has 0 aromatic heterocycles. The van der Waals surface area contributed by atoms with Crippen molar-refractivity contribution in [1.29, 1.82) is 0 Å². The Morgan fingerprint density at radius 1 is 1.11 bits per heavy atom. The van der Waals surface area contributed by atoms with Gasteiger partial charge in [-0.05, 0) is 49.6 Å². The fourth-order valence-corrected chi connectivity index (χ4v) is 3.16. The number of carbonyl (C=O) groups is 2. The molecular weight excluding hydrogens is 383 g/mol. The van der Waals surface area contributed by atoms with Gasteiger partial charge >= 0.3 is 0 Å². The smallest absolute Gasteiger partial charge is 0.246 e. The summed E-state index contributed by atoms with van der Waals surface area (Å²) in [5.41, 5.74) is 4.55. The predicted octanol–water partition coefficient (Wildman–Crippen LogP) is 5.03. The number of nitrogens with zero attached hydrogens (tertiary/aromatic N) is 1. The predicted molar refractivity (Wildman–Crippen MR) is 112 cm³/mol. The Kier molecular flexibility index (Phi) is 7.05. The van der Waals surface area contributed by atoms with Gasteiger partial charge in [0.05, 0.1) is 16.6 Å². The molecule has 0 radical (unpaired) electrons. The lowest BCUT2D eigenvalue weighted by molar-refractivity contribution is -0.129. The number of carbonyl (C=O) groups excluding carboxylic acids is 2. The first kappa shape index (κ1) is 21.0. The molecule has 2 rings (SSSR count). The maximum atomic E-state index is 12.3. The van der Waals surface area contributed by atoms with Gasteiger partial charge in [-0.1, -0.05) is 53.0 Å². The Labute approximate surface area is 169 Å². The second kappa shape index (κ2) is 9.07. The zero-order valence-electron chi connectivity index (χ0n) is 15.8. The Balaban J connectivity index is 2.01. The third-order valence-corrected chi connectivity index (χ3v) is 4.92. The Morgan fingerprint density at radius 3 is 2.37 bits per heavy atom. The number of amides is 2. The Bertz CT molecular complexity index is 884. The summed E-state index contributed by atoms with van der Waals surface area (Å²) in [7, 11) is 1.57. The summed E-state index contributed by atoms with van der Waals surface area (Å²) < 4.78 is 0. The molecule has 2 aromatic rings. The average molecular weight is 405 g/mol. The molecule has 142 valence electrons. The lowest BCUT2D eigenvalue weighted by Gasteiger charge is -2.17. The van der Waals surface area contributed by atoms with E-state index >= 15 is 0 Å². The molecule has 0 saturated carbocycles. The first-order valence-electron chi connectivity index (χ1n) is 8.44. The van der Waals surface area contributed by atoms with Crippen LogP contribution in [0.15, 0.2) is 36.4 Å². The second-order valence-corrected chi connectivity index (χ2v) is 7.28. The summed E-state index contributed by atoms with van der Waals surface area (Å²) in [5, 5.41) is 3.69. The van der Waals surface area contributed by atoms with E-state index < -0.39 is 0 Å². The van der Waals surface area contributed by atoms with Gasteiger partial charge in [0.25, 0.3) is 0 Å². The summed E-state index contributed by atoms with van der Waals surface area (Å²) in [6.07, 6.45) is 2.95. The van der Waals surface area contributed by atoms with Crippen LogP contribution < -0.4 is 5.32 Å². The Morgan fingerprint density at radius 2 is 1.74 bits per heavy atom. The highest BCUT2D eigenvalue weighted by atomic mass is 35.5. The molecule has 0 atom stereocenters. The molecule has 0 unspecified atom stereocenters. The first-order valence-corrected chi connectivity index (χ1v) is 9.19. The minimum absolute atomic E-state index is 0.0563. The zero-order chi connectivity index (χ0) is 20.1. The van der Waals surface area contributed by atoms with Crippen LogP contribution >= 0.6 is 23.2 Å². The van der Waals surface area contributed by atoms with Gasteiger partial charge in [0.2, 0.25) is 11.8 Å². The van der Waals surface area contributed by atoms with Crippen molar-refractivity contribution in [3.63, 3.8) is 0 Å². The fourth-order valence-electron chi connectivity index (χ4n) is 2.79. The van der Waals surface area contributed by atoms with Gasteiger partial charge in [0.15, 0.2) is 0 Å². The summed E-state index contributed by atoms with van der Waals surface area (Å²) in [6, 6.07) is 9.20. The monoisotopic (exact) mass is 404 g/mol. The second-order valence-electron chi connectivity index (χ2n) is 6.49. The highest BCUT2D eigenvalue weighted by molar-refractivity contribution is 6.42. The van der Waals surface area contributed by atoms with Crippen LogP contribution in [0.5, 0.6) is 0 Å². The van der Waals surface area contributed by atoms with Crippen molar-refractivity contribution in [1.82, 2.24) is 4.90 Å². The van der Waals surface area contributed by atoms with E-state index in [0.717, 1.165) is 22.4 Å². The van der Waals surface area contributed by atoms with Crippen LogP contribution in [-0.2, 0) is 9.59 Å². The minimum atomic E-state index is -0.307. The third-order valence-electron chi connectivity index (χ3n) is 4.09. The number of hydrogen-bond acceptors (Lipinski definition) is 2. The highest BCUT2D eigenvalue weighted by Crippen LogP contribution is 2.26. The summed E-state index contributed by atoms with van der Waals surface area (Å²) in [4.78, 5) is 25.9. The van der Waals surface area contributed by atoms with Crippen LogP contribution in [0.1, 0.15) is 22.3 Å². The summed E-state index contributed by atoms with van der Waals surface area (Å²) in [6.45, 7) is 5.85. The average Bonchev–Trinajstić information content (AvgIpc) is 2.59. The SMILES string of the molecule is Cc1cc(C)c(NC(=O)CN(C)C(=O)/C=C/c2cccc(Cl)c2Cl)c(C)c1. The van der Waals surface area contributed by atoms with E-state index in [0.29, 0.717) is 15.6 Å². The van der Waals surface area contributed by atoms with Crippen LogP contribution in [0, 0.1) is 20.8 Å². The van der Waals surface area contributed by atoms with Gasteiger partial charge in [0.1, 0.15) is 0 Å². The van der Waals surface area contributed by atoms with Crippen molar-refractivity contribution in [3.05, 3.63) is 68.7 Å². The van der Waals surface area contributed by atoms with E-state index in [4.69, 9.17) is 23.2 Å². The topological polar surface area (TPSA) is 49.4 Å². The highest BCUT2D eigenvalue weighted by Gasteiger charge is 2.13. The van der Waals surface area contributed by atoms with Gasteiger partial charge < -0.3 is 10.2 Å². The van der Waals surface area contributed by atoms with Crippen molar-refractivity contribution < 1.29 is 9.59 Å². The molecule has 0 aliphatic heterocycles. The number of rotatable bonds is 5. The molecule has 4 nitrogen and oxygen atoms in total. The molecule has 0 spiro atoms. The number of anilines is 1. The number of hydrogen-bond donors (Lipinski definition) is 1. The maximum Gasteiger partial charge on any atom is 0.246 e. The van der Waals surface area contributed by atoms with Gasteiger partial charge in [0, 0.05) is 18.8 Å². The van der Waals surface area contributed by atoms with E-state index in [1.54, 1.807) is 31.3 Å². The van der Waals surface area contributed by atoms with Gasteiger partial charge in [-0.3, -0.25) is 9.59 Å². The Hall–Kier alpha value is -2.30. The molecule has 0 bridgehead atoms. The van der Waals surface area contributed by atoms with E-state index in [1.807, 2.05) is 32.9 Å². The molecule has 0 saturated heterocycles. The zero-order valence-corrected chi connectivity index (χ0v) is 17.3. The molecule has 27 heavy (non-hydrogen) atoms. The number of benzene rings is 2. The molecular formula is C21H22Cl2N2O2. The quantitative estimate of drug-likeness (QED) is 0.710. The molecule has 2 amide bonds. The van der Waals surface area contributed by atoms with Crippen LogP contribution in [0.25, 0.3) is 6.08 Å². The standard InChI is InChI=1S/C21H22Cl2N2O2/c1-13-10-14(2)21(15(3)11-13)24-18(26)12-25(4)19(27)9-8-16-6-5-7-17(22)20(16)23/h5-11H,12H2,1-4H3,(H,24,26)/b9-8+.